The van der Waals surface area contributed by atoms with Crippen molar-refractivity contribution in [2.24, 2.45) is 5.73 Å². The zero-order valence-corrected chi connectivity index (χ0v) is 11.4. The van der Waals surface area contributed by atoms with Crippen molar-refractivity contribution in [1.29, 1.82) is 0 Å². The Bertz CT molecular complexity index is 644. The number of aliphatic carboxylic acids is 1. The second-order valence-electron chi connectivity index (χ2n) is 4.35. The van der Waals surface area contributed by atoms with Crippen molar-refractivity contribution in [3.8, 4) is 11.4 Å². The average molecular weight is 294 g/mol. The van der Waals surface area contributed by atoms with Crippen molar-refractivity contribution in [1.82, 2.24) is 15.0 Å². The van der Waals surface area contributed by atoms with Gasteiger partial charge in [0, 0.05) is 12.5 Å². The van der Waals surface area contributed by atoms with E-state index < -0.39 is 17.8 Å². The first-order chi connectivity index (χ1) is 10.0. The molecule has 21 heavy (non-hydrogen) atoms. The van der Waals surface area contributed by atoms with E-state index in [0.29, 0.717) is 18.0 Å². The molecule has 0 aliphatic carbocycles. The van der Waals surface area contributed by atoms with Gasteiger partial charge in [0.1, 0.15) is 6.04 Å². The molecule has 3 N–H and O–H groups in total. The van der Waals surface area contributed by atoms with Gasteiger partial charge in [-0.2, -0.15) is 0 Å². The Morgan fingerprint density at radius 3 is 2.95 bits per heavy atom. The number of nitrogens with zero attached hydrogens (tertiary/aromatic N) is 3. The highest BCUT2D eigenvalue weighted by Crippen LogP contribution is 2.20. The molecule has 8 heteroatoms. The van der Waals surface area contributed by atoms with Gasteiger partial charge in [-0.15, -0.1) is 5.10 Å². The maximum Gasteiger partial charge on any atom is 0.320 e. The molecule has 1 aromatic heterocycles. The summed E-state index contributed by atoms with van der Waals surface area (Å²) < 4.78 is 20.2. The third kappa shape index (κ3) is 3.54. The van der Waals surface area contributed by atoms with Gasteiger partial charge in [-0.1, -0.05) is 5.21 Å². The summed E-state index contributed by atoms with van der Waals surface area (Å²) in [6.07, 6.45) is 1.56. The third-order valence-electron chi connectivity index (χ3n) is 2.77. The minimum Gasteiger partial charge on any atom is -0.491 e. The van der Waals surface area contributed by atoms with Crippen molar-refractivity contribution in [3.63, 3.8) is 0 Å². The van der Waals surface area contributed by atoms with Crippen LogP contribution in [0.5, 0.6) is 5.75 Å². The average Bonchev–Trinajstić information content (AvgIpc) is 2.89. The first kappa shape index (κ1) is 14.9. The third-order valence-corrected chi connectivity index (χ3v) is 2.77. The highest BCUT2D eigenvalue weighted by atomic mass is 19.1. The van der Waals surface area contributed by atoms with Crippen LogP contribution in [0, 0.1) is 5.82 Å². The van der Waals surface area contributed by atoms with Crippen LogP contribution in [0.1, 0.15) is 12.6 Å². The summed E-state index contributed by atoms with van der Waals surface area (Å²) >= 11 is 0. The molecule has 0 saturated carbocycles. The van der Waals surface area contributed by atoms with Crippen molar-refractivity contribution in [2.45, 2.75) is 19.4 Å². The van der Waals surface area contributed by atoms with E-state index in [9.17, 15) is 9.18 Å². The summed E-state index contributed by atoms with van der Waals surface area (Å²) in [6, 6.07) is 3.34. The number of hydrogen-bond donors (Lipinski definition) is 2. The maximum absolute atomic E-state index is 13.8. The minimum absolute atomic E-state index is 0.0504. The lowest BCUT2D eigenvalue weighted by atomic mass is 10.2. The largest absolute Gasteiger partial charge is 0.491 e. The second-order valence-corrected chi connectivity index (χ2v) is 4.35. The topological polar surface area (TPSA) is 103 Å². The van der Waals surface area contributed by atoms with E-state index in [1.807, 2.05) is 0 Å². The molecule has 0 amide bonds. The molecule has 7 nitrogen and oxygen atoms in total. The summed E-state index contributed by atoms with van der Waals surface area (Å²) in [5, 5.41) is 16.4. The van der Waals surface area contributed by atoms with Crippen molar-refractivity contribution in [3.05, 3.63) is 35.9 Å². The molecule has 0 fully saturated rings. The van der Waals surface area contributed by atoms with E-state index in [1.54, 1.807) is 13.0 Å². The fraction of sp³-hybridized carbons (Fsp3) is 0.308. The monoisotopic (exact) mass is 294 g/mol. The van der Waals surface area contributed by atoms with E-state index in [4.69, 9.17) is 15.6 Å². The summed E-state index contributed by atoms with van der Waals surface area (Å²) in [6.45, 7) is 2.14. The van der Waals surface area contributed by atoms with E-state index in [0.717, 1.165) is 0 Å². The summed E-state index contributed by atoms with van der Waals surface area (Å²) in [4.78, 5) is 10.7. The maximum atomic E-state index is 13.8. The van der Waals surface area contributed by atoms with Gasteiger partial charge in [-0.05, 0) is 19.1 Å². The van der Waals surface area contributed by atoms with Gasteiger partial charge < -0.3 is 15.6 Å². The molecule has 0 saturated heterocycles. The van der Waals surface area contributed by atoms with Crippen LogP contribution in [0.4, 0.5) is 4.39 Å². The number of carboxylic acid groups (broad SMARTS) is 1. The lowest BCUT2D eigenvalue weighted by Crippen LogP contribution is -2.32. The molecule has 112 valence electrons. The fourth-order valence-corrected chi connectivity index (χ4v) is 1.74. The molecule has 2 rings (SSSR count). The van der Waals surface area contributed by atoms with E-state index in [2.05, 4.69) is 10.3 Å². The van der Waals surface area contributed by atoms with Crippen LogP contribution < -0.4 is 10.5 Å². The smallest absolute Gasteiger partial charge is 0.320 e. The van der Waals surface area contributed by atoms with E-state index >= 15 is 0 Å². The molecule has 0 radical (unpaired) electrons. The quantitative estimate of drug-likeness (QED) is 0.815. The van der Waals surface area contributed by atoms with Crippen LogP contribution in [-0.4, -0.2) is 38.7 Å². The number of hydrogen-bond acceptors (Lipinski definition) is 5. The van der Waals surface area contributed by atoms with Crippen LogP contribution in [0.3, 0.4) is 0 Å². The van der Waals surface area contributed by atoms with Crippen LogP contribution in [0.25, 0.3) is 5.69 Å². The van der Waals surface area contributed by atoms with Crippen molar-refractivity contribution < 1.29 is 19.0 Å². The highest BCUT2D eigenvalue weighted by Gasteiger charge is 2.15. The standard InChI is InChI=1S/C13H15FN4O3/c1-2-21-12-4-3-9(6-10(12)14)18-7-8(16-17-18)5-11(15)13(19)20/h3-4,6-7,11H,2,5,15H2,1H3,(H,19,20). The number of carboxylic acids is 1. The molecule has 0 bridgehead atoms. The predicted molar refractivity (Wildman–Crippen MR) is 71.8 cm³/mol. The number of aromatic nitrogens is 3. The number of benzene rings is 1. The van der Waals surface area contributed by atoms with Gasteiger partial charge in [-0.3, -0.25) is 4.79 Å². The molecule has 1 heterocycles. The SMILES string of the molecule is CCOc1ccc(-n2cc(CC(N)C(=O)O)nn2)cc1F. The van der Waals surface area contributed by atoms with Gasteiger partial charge in [0.2, 0.25) is 0 Å². The molecule has 2 aromatic rings. The Labute approximate surface area is 120 Å². The van der Waals surface area contributed by atoms with E-state index in [1.165, 1.54) is 23.0 Å². The number of carbonyl (C=O) groups is 1. The molecular weight excluding hydrogens is 279 g/mol. The number of nitrogens with two attached hydrogens (primary N) is 1. The number of rotatable bonds is 6. The Hall–Kier alpha value is -2.48. The highest BCUT2D eigenvalue weighted by molar-refractivity contribution is 5.73. The van der Waals surface area contributed by atoms with Crippen LogP contribution in [0.15, 0.2) is 24.4 Å². The van der Waals surface area contributed by atoms with Gasteiger partial charge in [0.25, 0.3) is 0 Å². The summed E-state index contributed by atoms with van der Waals surface area (Å²) in [7, 11) is 0. The minimum atomic E-state index is -1.11. The molecule has 0 aliphatic rings. The molecule has 0 aliphatic heterocycles. The first-order valence-electron chi connectivity index (χ1n) is 6.33. The van der Waals surface area contributed by atoms with Gasteiger partial charge in [0.05, 0.1) is 24.2 Å². The Morgan fingerprint density at radius 1 is 1.57 bits per heavy atom. The zero-order valence-electron chi connectivity index (χ0n) is 11.4. The van der Waals surface area contributed by atoms with Crippen LogP contribution in [-0.2, 0) is 11.2 Å². The molecular formula is C13H15FN4O3. The second kappa shape index (κ2) is 6.31. The summed E-state index contributed by atoms with van der Waals surface area (Å²) in [5.41, 5.74) is 6.29. The van der Waals surface area contributed by atoms with Gasteiger partial charge >= 0.3 is 5.97 Å². The lowest BCUT2D eigenvalue weighted by molar-refractivity contribution is -0.138. The van der Waals surface area contributed by atoms with Crippen molar-refractivity contribution in [2.75, 3.05) is 6.61 Å². The predicted octanol–water partition coefficient (Wildman–Crippen LogP) is 0.759. The Balaban J connectivity index is 2.17. The number of halogens is 1. The Morgan fingerprint density at radius 2 is 2.33 bits per heavy atom. The molecule has 1 atom stereocenters. The normalized spacial score (nSPS) is 12.1. The molecule has 0 spiro atoms. The van der Waals surface area contributed by atoms with Crippen molar-refractivity contribution >= 4 is 5.97 Å². The van der Waals surface area contributed by atoms with E-state index in [-0.39, 0.29) is 12.2 Å². The zero-order chi connectivity index (χ0) is 15.4. The first-order valence-corrected chi connectivity index (χ1v) is 6.33. The van der Waals surface area contributed by atoms with Gasteiger partial charge in [-0.25, -0.2) is 9.07 Å². The van der Waals surface area contributed by atoms with Crippen LogP contribution in [0.2, 0.25) is 0 Å². The number of ether oxygens (including phenoxy) is 1. The Kier molecular flexibility index (Phi) is 4.49. The van der Waals surface area contributed by atoms with Crippen LogP contribution >= 0.6 is 0 Å². The fourth-order valence-electron chi connectivity index (χ4n) is 1.74. The summed E-state index contributed by atoms with van der Waals surface area (Å²) in [5.74, 6) is -1.46. The molecule has 1 aromatic carbocycles. The molecule has 1 unspecified atom stereocenters. The van der Waals surface area contributed by atoms with Gasteiger partial charge in [0.15, 0.2) is 11.6 Å². The lowest BCUT2D eigenvalue weighted by Gasteiger charge is -2.06.